The van der Waals surface area contributed by atoms with Crippen LogP contribution in [0.2, 0.25) is 0 Å². The Hall–Kier alpha value is -2.58. The average Bonchev–Trinajstić information content (AvgIpc) is 2.74. The second-order valence-corrected chi connectivity index (χ2v) is 8.62. The first-order valence-corrected chi connectivity index (χ1v) is 11.1. The molecule has 0 aliphatic carbocycles. The number of phenolic OH excluding ortho intramolecular Hbond substituents is 1. The maximum Gasteiger partial charge on any atom is 0.246 e. The van der Waals surface area contributed by atoms with E-state index in [0.29, 0.717) is 36.7 Å². The molecule has 0 bridgehead atoms. The van der Waals surface area contributed by atoms with Crippen molar-refractivity contribution in [2.75, 3.05) is 26.8 Å². The molecule has 2 aromatic rings. The molecule has 1 saturated heterocycles. The number of hydrogen-bond donors (Lipinski definition) is 1. The lowest BCUT2D eigenvalue weighted by Crippen LogP contribution is -2.35. The first-order chi connectivity index (χ1) is 14.0. The Morgan fingerprint density at radius 2 is 1.90 bits per heavy atom. The Bertz CT molecular complexity index is 983. The van der Waals surface area contributed by atoms with Crippen molar-refractivity contribution in [3.63, 3.8) is 0 Å². The average molecular weight is 419 g/mol. The maximum atomic E-state index is 13.1. The van der Waals surface area contributed by atoms with Gasteiger partial charge in [0.15, 0.2) is 0 Å². The molecule has 0 amide bonds. The van der Waals surface area contributed by atoms with Crippen molar-refractivity contribution in [1.29, 1.82) is 0 Å². The third-order valence-electron chi connectivity index (χ3n) is 4.74. The molecule has 0 atom stereocenters. The second-order valence-electron chi connectivity index (χ2n) is 6.71. The van der Waals surface area contributed by atoms with Gasteiger partial charge in [0.2, 0.25) is 10.0 Å². The molecule has 1 N–H and O–H groups in total. The molecule has 0 spiro atoms. The van der Waals surface area contributed by atoms with E-state index in [1.54, 1.807) is 24.3 Å². The molecule has 29 heavy (non-hydrogen) atoms. The van der Waals surface area contributed by atoms with Crippen LogP contribution in [0.4, 0.5) is 5.69 Å². The highest BCUT2D eigenvalue weighted by atomic mass is 32.2. The lowest BCUT2D eigenvalue weighted by atomic mass is 10.2. The Balaban J connectivity index is 1.93. The number of piperidine rings is 1. The topological polar surface area (TPSA) is 88.4 Å². The van der Waals surface area contributed by atoms with E-state index in [9.17, 15) is 13.5 Å². The number of aromatic hydroxyl groups is 1. The highest BCUT2D eigenvalue weighted by molar-refractivity contribution is 7.89. The van der Waals surface area contributed by atoms with Crippen LogP contribution in [0.1, 0.15) is 31.7 Å². The minimum Gasteiger partial charge on any atom is -0.507 e. The van der Waals surface area contributed by atoms with Crippen LogP contribution >= 0.6 is 0 Å². The number of phenols is 1. The molecule has 1 aliphatic heterocycles. The zero-order valence-electron chi connectivity index (χ0n) is 16.7. The summed E-state index contributed by atoms with van der Waals surface area (Å²) in [5, 5.41) is 10.0. The van der Waals surface area contributed by atoms with Gasteiger partial charge >= 0.3 is 0 Å². The summed E-state index contributed by atoms with van der Waals surface area (Å²) >= 11 is 0. The number of nitrogens with zero attached hydrogens (tertiary/aromatic N) is 2. The summed E-state index contributed by atoms with van der Waals surface area (Å²) in [4.78, 5) is 4.45. The van der Waals surface area contributed by atoms with Gasteiger partial charge < -0.3 is 14.6 Å². The van der Waals surface area contributed by atoms with Gasteiger partial charge in [-0.05, 0) is 56.2 Å². The fourth-order valence-corrected chi connectivity index (χ4v) is 4.92. The van der Waals surface area contributed by atoms with Crippen molar-refractivity contribution >= 4 is 21.9 Å². The zero-order chi connectivity index (χ0) is 20.9. The predicted octanol–water partition coefficient (Wildman–Crippen LogP) is 3.72. The van der Waals surface area contributed by atoms with Gasteiger partial charge in [0.05, 0.1) is 19.4 Å². The molecule has 1 fully saturated rings. The van der Waals surface area contributed by atoms with Crippen LogP contribution < -0.4 is 9.47 Å². The summed E-state index contributed by atoms with van der Waals surface area (Å²) in [5.74, 6) is 0.970. The van der Waals surface area contributed by atoms with Crippen LogP contribution in [0.5, 0.6) is 17.2 Å². The summed E-state index contributed by atoms with van der Waals surface area (Å²) in [6, 6.07) is 9.66. The van der Waals surface area contributed by atoms with Gasteiger partial charge in [0, 0.05) is 24.9 Å². The monoisotopic (exact) mass is 418 g/mol. The highest BCUT2D eigenvalue weighted by Gasteiger charge is 2.29. The van der Waals surface area contributed by atoms with Crippen LogP contribution in [0, 0.1) is 0 Å². The van der Waals surface area contributed by atoms with E-state index in [2.05, 4.69) is 4.99 Å². The number of methoxy groups -OCH3 is 1. The van der Waals surface area contributed by atoms with E-state index >= 15 is 0 Å². The van der Waals surface area contributed by atoms with Gasteiger partial charge in [-0.3, -0.25) is 4.99 Å². The molecule has 2 aromatic carbocycles. The molecule has 0 saturated carbocycles. The summed E-state index contributed by atoms with van der Waals surface area (Å²) in [7, 11) is -2.22. The van der Waals surface area contributed by atoms with E-state index in [4.69, 9.17) is 9.47 Å². The van der Waals surface area contributed by atoms with Crippen molar-refractivity contribution in [2.45, 2.75) is 31.1 Å². The van der Waals surface area contributed by atoms with Crippen LogP contribution in [0.3, 0.4) is 0 Å². The quantitative estimate of drug-likeness (QED) is 0.692. The van der Waals surface area contributed by atoms with Crippen molar-refractivity contribution in [3.05, 3.63) is 42.0 Å². The summed E-state index contributed by atoms with van der Waals surface area (Å²) in [6.45, 7) is 3.41. The molecule has 156 valence electrons. The van der Waals surface area contributed by atoms with Gasteiger partial charge in [0.25, 0.3) is 0 Å². The first kappa shape index (κ1) is 21.1. The van der Waals surface area contributed by atoms with Gasteiger partial charge in [-0.15, -0.1) is 0 Å². The fourth-order valence-electron chi connectivity index (χ4n) is 3.23. The van der Waals surface area contributed by atoms with Crippen molar-refractivity contribution in [1.82, 2.24) is 4.31 Å². The molecule has 3 rings (SSSR count). The lowest BCUT2D eigenvalue weighted by molar-refractivity contribution is 0.339. The number of sulfonamides is 1. The predicted molar refractivity (Wildman–Crippen MR) is 112 cm³/mol. The molecule has 1 heterocycles. The number of rotatable bonds is 7. The summed E-state index contributed by atoms with van der Waals surface area (Å²) < 4.78 is 38.4. The van der Waals surface area contributed by atoms with Crippen LogP contribution in [-0.4, -0.2) is 50.9 Å². The third-order valence-corrected chi connectivity index (χ3v) is 6.66. The third kappa shape index (κ3) is 4.89. The van der Waals surface area contributed by atoms with Gasteiger partial charge in [-0.25, -0.2) is 8.42 Å². The van der Waals surface area contributed by atoms with E-state index in [0.717, 1.165) is 19.3 Å². The van der Waals surface area contributed by atoms with Crippen LogP contribution in [-0.2, 0) is 10.0 Å². The lowest BCUT2D eigenvalue weighted by Gasteiger charge is -2.26. The molecule has 0 radical (unpaired) electrons. The fraction of sp³-hybridized carbons (Fsp3) is 0.381. The van der Waals surface area contributed by atoms with Crippen molar-refractivity contribution in [3.8, 4) is 17.2 Å². The van der Waals surface area contributed by atoms with Crippen LogP contribution in [0.25, 0.3) is 0 Å². The number of aliphatic imine (C=N–C) groups is 1. The van der Waals surface area contributed by atoms with Crippen LogP contribution in [0.15, 0.2) is 46.3 Å². The van der Waals surface area contributed by atoms with E-state index < -0.39 is 10.0 Å². The minimum absolute atomic E-state index is 0.0619. The minimum atomic E-state index is -3.67. The summed E-state index contributed by atoms with van der Waals surface area (Å²) in [6.07, 6.45) is 4.23. The Labute approximate surface area is 171 Å². The largest absolute Gasteiger partial charge is 0.507 e. The van der Waals surface area contributed by atoms with Crippen molar-refractivity contribution in [2.24, 2.45) is 4.99 Å². The van der Waals surface area contributed by atoms with Gasteiger partial charge in [-0.2, -0.15) is 4.31 Å². The Kier molecular flexibility index (Phi) is 6.76. The molecular weight excluding hydrogens is 392 g/mol. The van der Waals surface area contributed by atoms with Gasteiger partial charge in [0.1, 0.15) is 22.1 Å². The normalized spacial score (nSPS) is 15.5. The smallest absolute Gasteiger partial charge is 0.246 e. The molecule has 7 nitrogen and oxygen atoms in total. The highest BCUT2D eigenvalue weighted by Crippen LogP contribution is 2.32. The molecule has 0 unspecified atom stereocenters. The standard InChI is InChI=1S/C21H26N2O5S/c1-3-28-18-8-9-19(24)16(13-18)15-22-17-7-10-20(27-2)21(14-17)29(25,26)23-11-5-4-6-12-23/h7-10,13-15,24H,3-6,11-12H2,1-2H3. The molecule has 1 aliphatic rings. The number of ether oxygens (including phenoxy) is 2. The maximum absolute atomic E-state index is 13.1. The molecular formula is C21H26N2O5S. The number of hydrogen-bond acceptors (Lipinski definition) is 6. The molecule has 0 aromatic heterocycles. The number of benzene rings is 2. The Morgan fingerprint density at radius 3 is 2.59 bits per heavy atom. The van der Waals surface area contributed by atoms with E-state index in [1.165, 1.54) is 29.8 Å². The van der Waals surface area contributed by atoms with E-state index in [-0.39, 0.29) is 16.4 Å². The van der Waals surface area contributed by atoms with E-state index in [1.807, 2.05) is 6.92 Å². The zero-order valence-corrected chi connectivity index (χ0v) is 17.5. The SMILES string of the molecule is CCOc1ccc(O)c(C=Nc2ccc(OC)c(S(=O)(=O)N3CCCCC3)c2)c1. The van der Waals surface area contributed by atoms with Gasteiger partial charge in [-0.1, -0.05) is 6.42 Å². The second kappa shape index (κ2) is 9.28. The first-order valence-electron chi connectivity index (χ1n) is 9.63. The Morgan fingerprint density at radius 1 is 1.14 bits per heavy atom. The summed E-state index contributed by atoms with van der Waals surface area (Å²) in [5.41, 5.74) is 0.926. The van der Waals surface area contributed by atoms with Crippen molar-refractivity contribution < 1.29 is 23.0 Å². The molecule has 8 heteroatoms.